The highest BCUT2D eigenvalue weighted by molar-refractivity contribution is 9.10. The van der Waals surface area contributed by atoms with Crippen molar-refractivity contribution in [3.8, 4) is 11.5 Å². The van der Waals surface area contributed by atoms with Crippen LogP contribution < -0.4 is 14.8 Å². The van der Waals surface area contributed by atoms with Crippen LogP contribution in [-0.4, -0.2) is 24.2 Å². The molecule has 0 spiro atoms. The van der Waals surface area contributed by atoms with Crippen molar-refractivity contribution in [2.75, 3.05) is 7.11 Å². The van der Waals surface area contributed by atoms with Crippen LogP contribution in [0, 0.1) is 11.8 Å². The van der Waals surface area contributed by atoms with Crippen molar-refractivity contribution < 1.29 is 19.4 Å². The van der Waals surface area contributed by atoms with Crippen molar-refractivity contribution in [1.82, 2.24) is 5.32 Å². The summed E-state index contributed by atoms with van der Waals surface area (Å²) in [5.74, 6) is 1.09. The fourth-order valence-corrected chi connectivity index (χ4v) is 4.88. The summed E-state index contributed by atoms with van der Waals surface area (Å²) >= 11 is 3.64. The van der Waals surface area contributed by atoms with Crippen molar-refractivity contribution in [2.45, 2.75) is 65.1 Å². The van der Waals surface area contributed by atoms with Gasteiger partial charge in [0.1, 0.15) is 6.61 Å². The Hall–Kier alpha value is -2.05. The van der Waals surface area contributed by atoms with Crippen molar-refractivity contribution in [2.24, 2.45) is 11.8 Å². The first-order valence-corrected chi connectivity index (χ1v) is 12.2. The minimum Gasteiger partial charge on any atom is -0.493 e. The van der Waals surface area contributed by atoms with Gasteiger partial charge in [0, 0.05) is 12.6 Å². The number of carboxylic acid groups (broad SMARTS) is 1. The minimum absolute atomic E-state index is 0.226. The first-order chi connectivity index (χ1) is 15.4. The molecule has 0 heterocycles. The molecule has 0 amide bonds. The van der Waals surface area contributed by atoms with E-state index < -0.39 is 5.97 Å². The topological polar surface area (TPSA) is 67.8 Å². The molecule has 5 nitrogen and oxygen atoms in total. The number of hydrogen-bond acceptors (Lipinski definition) is 4. The van der Waals surface area contributed by atoms with Gasteiger partial charge in [-0.15, -0.1) is 0 Å². The van der Waals surface area contributed by atoms with Crippen molar-refractivity contribution in [3.05, 3.63) is 57.6 Å². The predicted molar refractivity (Wildman–Crippen MR) is 130 cm³/mol. The Morgan fingerprint density at radius 2 is 1.88 bits per heavy atom. The number of aliphatic carboxylic acids is 1. The zero-order valence-corrected chi connectivity index (χ0v) is 20.8. The van der Waals surface area contributed by atoms with Gasteiger partial charge in [-0.3, -0.25) is 4.79 Å². The highest BCUT2D eigenvalue weighted by Gasteiger charge is 2.26. The standard InChI is InChI=1S/C26H34BrNO4/c1-17(2)11-18-7-9-19(10-8-18)16-32-25-23(27)12-20(13-24(25)31-3)15-28-22-6-4-5-21(14-22)26(29)30/h7-10,12-13,17,21-22,28H,4-6,11,14-16H2,1-3H3,(H,29,30). The summed E-state index contributed by atoms with van der Waals surface area (Å²) in [6.45, 7) is 5.57. The molecule has 1 aliphatic carbocycles. The van der Waals surface area contributed by atoms with Gasteiger partial charge in [-0.25, -0.2) is 0 Å². The zero-order valence-electron chi connectivity index (χ0n) is 19.2. The molecule has 0 aliphatic heterocycles. The van der Waals surface area contributed by atoms with Gasteiger partial charge in [-0.05, 0) is 76.4 Å². The molecule has 2 unspecified atom stereocenters. The molecule has 32 heavy (non-hydrogen) atoms. The van der Waals surface area contributed by atoms with E-state index in [2.05, 4.69) is 59.4 Å². The van der Waals surface area contributed by atoms with Crippen LogP contribution in [0.5, 0.6) is 11.5 Å². The molecule has 1 aliphatic rings. The summed E-state index contributed by atoms with van der Waals surface area (Å²) in [6, 6.07) is 12.8. The van der Waals surface area contributed by atoms with E-state index >= 15 is 0 Å². The summed E-state index contributed by atoms with van der Waals surface area (Å²) in [7, 11) is 1.64. The molecule has 0 saturated heterocycles. The van der Waals surface area contributed by atoms with Crippen molar-refractivity contribution in [1.29, 1.82) is 0 Å². The number of halogens is 1. The Labute approximate surface area is 199 Å². The number of carbonyl (C=O) groups is 1. The van der Waals surface area contributed by atoms with Crippen LogP contribution in [0.2, 0.25) is 0 Å². The lowest BCUT2D eigenvalue weighted by Gasteiger charge is -2.27. The van der Waals surface area contributed by atoms with Crippen LogP contribution in [-0.2, 0) is 24.4 Å². The summed E-state index contributed by atoms with van der Waals surface area (Å²) in [5.41, 5.74) is 3.52. The van der Waals surface area contributed by atoms with E-state index in [0.29, 0.717) is 37.0 Å². The molecule has 6 heteroatoms. The lowest BCUT2D eigenvalue weighted by molar-refractivity contribution is -0.143. The van der Waals surface area contributed by atoms with Gasteiger partial charge in [0.2, 0.25) is 0 Å². The van der Waals surface area contributed by atoms with Crippen LogP contribution >= 0.6 is 15.9 Å². The molecular weight excluding hydrogens is 470 g/mol. The molecular formula is C26H34BrNO4. The number of rotatable bonds is 10. The summed E-state index contributed by atoms with van der Waals surface area (Å²) < 4.78 is 12.5. The van der Waals surface area contributed by atoms with E-state index in [1.165, 1.54) is 5.56 Å². The molecule has 174 valence electrons. The summed E-state index contributed by atoms with van der Waals surface area (Å²) in [4.78, 5) is 11.3. The van der Waals surface area contributed by atoms with Crippen LogP contribution in [0.1, 0.15) is 56.2 Å². The van der Waals surface area contributed by atoms with Gasteiger partial charge >= 0.3 is 5.97 Å². The molecule has 3 rings (SSSR count). The molecule has 0 aromatic heterocycles. The number of ether oxygens (including phenoxy) is 2. The normalized spacial score (nSPS) is 18.5. The average molecular weight is 504 g/mol. The second-order valence-electron chi connectivity index (χ2n) is 9.09. The quantitative estimate of drug-likeness (QED) is 0.418. The van der Waals surface area contributed by atoms with E-state index in [1.807, 2.05) is 12.1 Å². The molecule has 2 atom stereocenters. The predicted octanol–water partition coefficient (Wildman–Crippen LogP) is 5.97. The van der Waals surface area contributed by atoms with Crippen LogP contribution in [0.4, 0.5) is 0 Å². The highest BCUT2D eigenvalue weighted by atomic mass is 79.9. The lowest BCUT2D eigenvalue weighted by Crippen LogP contribution is -2.36. The van der Waals surface area contributed by atoms with Crippen molar-refractivity contribution in [3.63, 3.8) is 0 Å². The van der Waals surface area contributed by atoms with Gasteiger partial charge in [0.15, 0.2) is 11.5 Å². The van der Waals surface area contributed by atoms with E-state index in [0.717, 1.165) is 41.3 Å². The van der Waals surface area contributed by atoms with Gasteiger partial charge < -0.3 is 19.9 Å². The van der Waals surface area contributed by atoms with Gasteiger partial charge in [0.05, 0.1) is 17.5 Å². The van der Waals surface area contributed by atoms with Crippen LogP contribution in [0.25, 0.3) is 0 Å². The van der Waals surface area contributed by atoms with E-state index in [-0.39, 0.29) is 12.0 Å². The molecule has 1 fully saturated rings. The maximum atomic E-state index is 11.3. The Morgan fingerprint density at radius 1 is 1.16 bits per heavy atom. The molecule has 0 bridgehead atoms. The van der Waals surface area contributed by atoms with Crippen LogP contribution in [0.15, 0.2) is 40.9 Å². The largest absolute Gasteiger partial charge is 0.493 e. The fraction of sp³-hybridized carbons (Fsp3) is 0.500. The second-order valence-corrected chi connectivity index (χ2v) is 9.95. The van der Waals surface area contributed by atoms with Gasteiger partial charge in [-0.2, -0.15) is 0 Å². The lowest BCUT2D eigenvalue weighted by atomic mass is 9.86. The van der Waals surface area contributed by atoms with Gasteiger partial charge in [-0.1, -0.05) is 44.5 Å². The maximum Gasteiger partial charge on any atom is 0.306 e. The number of carboxylic acids is 1. The fourth-order valence-electron chi connectivity index (χ4n) is 4.28. The Kier molecular flexibility index (Phi) is 9.00. The molecule has 2 aromatic rings. The third kappa shape index (κ3) is 6.97. The highest BCUT2D eigenvalue weighted by Crippen LogP contribution is 2.37. The average Bonchev–Trinajstić information content (AvgIpc) is 2.77. The molecule has 2 aromatic carbocycles. The molecule has 1 saturated carbocycles. The van der Waals surface area contributed by atoms with E-state index in [4.69, 9.17) is 9.47 Å². The third-order valence-electron chi connectivity index (χ3n) is 5.96. The Balaban J connectivity index is 1.60. The van der Waals surface area contributed by atoms with Crippen molar-refractivity contribution >= 4 is 21.9 Å². The number of nitrogens with one attached hydrogen (secondary N) is 1. The summed E-state index contributed by atoms with van der Waals surface area (Å²) in [5, 5.41) is 12.8. The zero-order chi connectivity index (χ0) is 23.1. The van der Waals surface area contributed by atoms with Crippen LogP contribution in [0.3, 0.4) is 0 Å². The molecule has 2 N–H and O–H groups in total. The monoisotopic (exact) mass is 503 g/mol. The SMILES string of the molecule is COc1cc(CNC2CCCC(C(=O)O)C2)cc(Br)c1OCc1ccc(CC(C)C)cc1. The van der Waals surface area contributed by atoms with E-state index in [1.54, 1.807) is 7.11 Å². The Bertz CT molecular complexity index is 897. The van der Waals surface area contributed by atoms with E-state index in [9.17, 15) is 9.90 Å². The first-order valence-electron chi connectivity index (χ1n) is 11.4. The molecule has 0 radical (unpaired) electrons. The number of methoxy groups -OCH3 is 1. The maximum absolute atomic E-state index is 11.3. The number of hydrogen-bond donors (Lipinski definition) is 2. The third-order valence-corrected chi connectivity index (χ3v) is 6.55. The van der Waals surface area contributed by atoms with Gasteiger partial charge in [0.25, 0.3) is 0 Å². The smallest absolute Gasteiger partial charge is 0.306 e. The first kappa shape index (κ1) is 24.6. The second kappa shape index (κ2) is 11.7. The Morgan fingerprint density at radius 3 is 2.53 bits per heavy atom. The minimum atomic E-state index is -0.683. The number of benzene rings is 2. The summed E-state index contributed by atoms with van der Waals surface area (Å²) in [6.07, 6.45) is 4.50.